The van der Waals surface area contributed by atoms with E-state index < -0.39 is 47.2 Å². The maximum Gasteiger partial charge on any atom is 0.339 e. The van der Waals surface area contributed by atoms with Crippen molar-refractivity contribution in [2.75, 3.05) is 0 Å². The zero-order chi connectivity index (χ0) is 20.7. The standard InChI is InChI=1S/C17H33N2O6P/c1-8-9-15(2,3)26(23,24)17(6,7)16(4,5)14(22)25-19-12(20)10-11(18)13(19)21/h11,13,21H,8-10,18H2,1-7H3,(H,23,24). The van der Waals surface area contributed by atoms with Crippen molar-refractivity contribution in [3.8, 4) is 0 Å². The van der Waals surface area contributed by atoms with Crippen LogP contribution in [-0.2, 0) is 19.0 Å². The monoisotopic (exact) mass is 392 g/mol. The van der Waals surface area contributed by atoms with Crippen LogP contribution in [0.2, 0.25) is 0 Å². The summed E-state index contributed by atoms with van der Waals surface area (Å²) in [6, 6.07) is -0.848. The molecule has 1 heterocycles. The van der Waals surface area contributed by atoms with Crippen molar-refractivity contribution in [2.24, 2.45) is 11.1 Å². The summed E-state index contributed by atoms with van der Waals surface area (Å²) in [6.45, 7) is 11.5. The summed E-state index contributed by atoms with van der Waals surface area (Å²) in [4.78, 5) is 40.7. The van der Waals surface area contributed by atoms with Gasteiger partial charge in [0.2, 0.25) is 7.37 Å². The Kier molecular flexibility index (Phi) is 6.42. The van der Waals surface area contributed by atoms with E-state index in [-0.39, 0.29) is 6.42 Å². The summed E-state index contributed by atoms with van der Waals surface area (Å²) < 4.78 is 13.4. The predicted octanol–water partition coefficient (Wildman–Crippen LogP) is 1.98. The Balaban J connectivity index is 3.16. The van der Waals surface area contributed by atoms with Crippen molar-refractivity contribution < 1.29 is 29.0 Å². The highest BCUT2D eigenvalue weighted by Gasteiger charge is 2.60. The molecule has 0 radical (unpaired) electrons. The molecule has 3 atom stereocenters. The molecule has 1 saturated heterocycles. The van der Waals surface area contributed by atoms with Gasteiger partial charge >= 0.3 is 5.97 Å². The molecule has 3 unspecified atom stereocenters. The summed E-state index contributed by atoms with van der Waals surface area (Å²) in [5, 5.41) is 8.23. The van der Waals surface area contributed by atoms with Crippen LogP contribution in [0.3, 0.4) is 0 Å². The van der Waals surface area contributed by atoms with Gasteiger partial charge in [-0.2, -0.15) is 0 Å². The first-order chi connectivity index (χ1) is 11.5. The zero-order valence-corrected chi connectivity index (χ0v) is 17.7. The van der Waals surface area contributed by atoms with Crippen molar-refractivity contribution in [1.29, 1.82) is 0 Å². The molecule has 0 aromatic heterocycles. The first-order valence-electron chi connectivity index (χ1n) is 8.85. The molecule has 0 aromatic rings. The van der Waals surface area contributed by atoms with E-state index >= 15 is 0 Å². The number of hydroxylamine groups is 2. The van der Waals surface area contributed by atoms with Gasteiger partial charge in [0.15, 0.2) is 6.23 Å². The van der Waals surface area contributed by atoms with Gasteiger partial charge in [0.05, 0.1) is 16.6 Å². The van der Waals surface area contributed by atoms with Crippen molar-refractivity contribution >= 4 is 19.2 Å². The number of carbonyl (C=O) groups excluding carboxylic acids is 2. The molecule has 1 aliphatic heterocycles. The molecule has 4 N–H and O–H groups in total. The van der Waals surface area contributed by atoms with Gasteiger partial charge in [-0.25, -0.2) is 4.79 Å². The maximum atomic E-state index is 13.4. The van der Waals surface area contributed by atoms with E-state index in [1.807, 2.05) is 6.92 Å². The fraction of sp³-hybridized carbons (Fsp3) is 0.882. The fourth-order valence-electron chi connectivity index (χ4n) is 3.18. The normalized spacial score (nSPS) is 24.5. The number of amides is 1. The minimum Gasteiger partial charge on any atom is -0.369 e. The molecular weight excluding hydrogens is 359 g/mol. The van der Waals surface area contributed by atoms with E-state index in [2.05, 4.69) is 0 Å². The van der Waals surface area contributed by atoms with Gasteiger partial charge in [-0.15, -0.1) is 5.06 Å². The second kappa shape index (κ2) is 7.23. The number of nitrogens with two attached hydrogens (primary N) is 1. The molecule has 0 aliphatic carbocycles. The van der Waals surface area contributed by atoms with E-state index in [4.69, 9.17) is 10.6 Å². The van der Waals surface area contributed by atoms with Gasteiger partial charge in [0, 0.05) is 11.6 Å². The first kappa shape index (κ1) is 23.1. The van der Waals surface area contributed by atoms with Gasteiger partial charge < -0.3 is 20.6 Å². The number of rotatable bonds is 7. The molecule has 26 heavy (non-hydrogen) atoms. The summed E-state index contributed by atoms with van der Waals surface area (Å²) in [5.74, 6) is -1.48. The lowest BCUT2D eigenvalue weighted by Gasteiger charge is -2.47. The largest absolute Gasteiger partial charge is 0.369 e. The van der Waals surface area contributed by atoms with Crippen LogP contribution < -0.4 is 5.73 Å². The van der Waals surface area contributed by atoms with Crippen LogP contribution in [-0.4, -0.2) is 49.5 Å². The third-order valence-corrected chi connectivity index (χ3v) is 9.88. The quantitative estimate of drug-likeness (QED) is 0.565. The predicted molar refractivity (Wildman–Crippen MR) is 98.2 cm³/mol. The van der Waals surface area contributed by atoms with Gasteiger partial charge in [-0.1, -0.05) is 27.2 Å². The summed E-state index contributed by atoms with van der Waals surface area (Å²) in [7, 11) is -3.87. The average Bonchev–Trinajstić information content (AvgIpc) is 2.72. The highest BCUT2D eigenvalue weighted by molar-refractivity contribution is 7.61. The molecule has 0 saturated carbocycles. The Morgan fingerprint density at radius 1 is 1.31 bits per heavy atom. The van der Waals surface area contributed by atoms with E-state index in [1.165, 1.54) is 13.8 Å². The van der Waals surface area contributed by atoms with Gasteiger partial charge in [-0.05, 0) is 34.1 Å². The summed E-state index contributed by atoms with van der Waals surface area (Å²) in [5.41, 5.74) is 4.19. The Morgan fingerprint density at radius 2 is 1.81 bits per heavy atom. The average molecular weight is 392 g/mol. The third-order valence-electron chi connectivity index (χ3n) is 5.94. The van der Waals surface area contributed by atoms with Gasteiger partial charge in [-0.3, -0.25) is 9.36 Å². The smallest absolute Gasteiger partial charge is 0.339 e. The highest BCUT2D eigenvalue weighted by Crippen LogP contribution is 2.70. The first-order valence-corrected chi connectivity index (χ1v) is 10.5. The molecule has 152 valence electrons. The van der Waals surface area contributed by atoms with Gasteiger partial charge in [0.1, 0.15) is 0 Å². The van der Waals surface area contributed by atoms with E-state index in [9.17, 15) is 24.2 Å². The minimum atomic E-state index is -3.87. The van der Waals surface area contributed by atoms with E-state index in [1.54, 1.807) is 27.7 Å². The van der Waals surface area contributed by atoms with Crippen LogP contribution in [0.25, 0.3) is 0 Å². The third kappa shape index (κ3) is 3.57. The SMILES string of the molecule is CCCC(C)(C)P(=O)(O)C(C)(C)C(C)(C)C(=O)ON1C(=O)CC(N)C1O. The van der Waals surface area contributed by atoms with E-state index in [0.29, 0.717) is 11.5 Å². The van der Waals surface area contributed by atoms with Crippen LogP contribution in [0.5, 0.6) is 0 Å². The molecule has 1 amide bonds. The number of aliphatic hydroxyl groups excluding tert-OH is 1. The van der Waals surface area contributed by atoms with Crippen molar-refractivity contribution in [3.63, 3.8) is 0 Å². The number of nitrogens with zero attached hydrogens (tertiary/aromatic N) is 1. The lowest BCUT2D eigenvalue weighted by molar-refractivity contribution is -0.229. The van der Waals surface area contributed by atoms with Gasteiger partial charge in [0.25, 0.3) is 5.91 Å². The molecule has 0 spiro atoms. The summed E-state index contributed by atoms with van der Waals surface area (Å²) >= 11 is 0. The van der Waals surface area contributed by atoms with Crippen LogP contribution in [0.4, 0.5) is 0 Å². The fourth-order valence-corrected chi connectivity index (χ4v) is 6.06. The van der Waals surface area contributed by atoms with Crippen LogP contribution in [0, 0.1) is 5.41 Å². The summed E-state index contributed by atoms with van der Waals surface area (Å²) in [6.07, 6.45) is -0.318. The topological polar surface area (TPSA) is 130 Å². The lowest BCUT2D eigenvalue weighted by atomic mass is 9.80. The number of hydrogen-bond donors (Lipinski definition) is 3. The molecule has 1 fully saturated rings. The number of hydrogen-bond acceptors (Lipinski definition) is 6. The van der Waals surface area contributed by atoms with Crippen LogP contribution >= 0.6 is 7.37 Å². The van der Waals surface area contributed by atoms with E-state index in [0.717, 1.165) is 6.42 Å². The van der Waals surface area contributed by atoms with Crippen molar-refractivity contribution in [2.45, 2.75) is 90.3 Å². The Morgan fingerprint density at radius 3 is 2.19 bits per heavy atom. The van der Waals surface area contributed by atoms with Crippen molar-refractivity contribution in [3.05, 3.63) is 0 Å². The zero-order valence-electron chi connectivity index (χ0n) is 16.8. The molecule has 9 heteroatoms. The number of aliphatic hydroxyl groups is 1. The second-order valence-electron chi connectivity index (χ2n) is 8.70. The Bertz CT molecular complexity index is 616. The molecule has 0 bridgehead atoms. The van der Waals surface area contributed by atoms with Crippen molar-refractivity contribution in [1.82, 2.24) is 5.06 Å². The van der Waals surface area contributed by atoms with Crippen LogP contribution in [0.1, 0.15) is 67.7 Å². The molecule has 1 aliphatic rings. The Hall–Kier alpha value is -0.950. The number of carbonyl (C=O) groups is 2. The maximum absolute atomic E-state index is 13.4. The van der Waals surface area contributed by atoms with Crippen LogP contribution in [0.15, 0.2) is 0 Å². The molecule has 0 aromatic carbocycles. The lowest BCUT2D eigenvalue weighted by Crippen LogP contribution is -2.52. The molecular formula is C17H33N2O6P. The highest BCUT2D eigenvalue weighted by atomic mass is 31.2. The Labute approximate surface area is 155 Å². The minimum absolute atomic E-state index is 0.139. The second-order valence-corrected chi connectivity index (χ2v) is 12.2. The molecule has 1 rings (SSSR count). The molecule has 8 nitrogen and oxygen atoms in total.